The van der Waals surface area contributed by atoms with Crippen molar-refractivity contribution in [2.45, 2.75) is 66.2 Å². The Balaban J connectivity index is 2.91. The van der Waals surface area contributed by atoms with Crippen molar-refractivity contribution < 1.29 is 4.79 Å². The summed E-state index contributed by atoms with van der Waals surface area (Å²) in [5.74, 6) is 0.513. The molecule has 0 aliphatic rings. The summed E-state index contributed by atoms with van der Waals surface area (Å²) in [6, 6.07) is 10.2. The Kier molecular flexibility index (Phi) is 9.28. The lowest BCUT2D eigenvalue weighted by molar-refractivity contribution is -0.119. The van der Waals surface area contributed by atoms with E-state index in [-0.39, 0.29) is 5.92 Å². The van der Waals surface area contributed by atoms with Gasteiger partial charge in [0.15, 0.2) is 5.78 Å². The van der Waals surface area contributed by atoms with Gasteiger partial charge in [0.2, 0.25) is 0 Å². The molecule has 0 spiro atoms. The molecule has 0 fully saturated rings. The summed E-state index contributed by atoms with van der Waals surface area (Å²) in [5, 5.41) is 0. The van der Waals surface area contributed by atoms with Gasteiger partial charge in [-0.2, -0.15) is 0 Å². The van der Waals surface area contributed by atoms with Gasteiger partial charge in [-0.25, -0.2) is 0 Å². The van der Waals surface area contributed by atoms with Gasteiger partial charge in [0.1, 0.15) is 0 Å². The lowest BCUT2D eigenvalue weighted by Gasteiger charge is -2.17. The van der Waals surface area contributed by atoms with Crippen LogP contribution in [0.1, 0.15) is 71.8 Å². The van der Waals surface area contributed by atoms with Crippen molar-refractivity contribution in [1.29, 1.82) is 0 Å². The van der Waals surface area contributed by atoms with Crippen molar-refractivity contribution in [3.8, 4) is 0 Å². The van der Waals surface area contributed by atoms with E-state index in [0.717, 1.165) is 55.2 Å². The zero-order valence-corrected chi connectivity index (χ0v) is 15.3. The van der Waals surface area contributed by atoms with Crippen molar-refractivity contribution in [1.82, 2.24) is 0 Å². The van der Waals surface area contributed by atoms with Gasteiger partial charge in [-0.3, -0.25) is 4.79 Å². The van der Waals surface area contributed by atoms with Gasteiger partial charge >= 0.3 is 0 Å². The smallest absolute Gasteiger partial charge is 0.165 e. The lowest BCUT2D eigenvalue weighted by Crippen LogP contribution is -2.17. The molecule has 1 heteroatoms. The van der Waals surface area contributed by atoms with Crippen LogP contribution in [0.15, 0.2) is 47.6 Å². The molecule has 0 aliphatic heterocycles. The fourth-order valence-corrected chi connectivity index (χ4v) is 2.77. The molecular weight excluding hydrogens is 280 g/mol. The van der Waals surface area contributed by atoms with Crippen molar-refractivity contribution in [2.75, 3.05) is 0 Å². The summed E-state index contributed by atoms with van der Waals surface area (Å²) in [7, 11) is 0. The molecule has 0 amide bonds. The van der Waals surface area contributed by atoms with Gasteiger partial charge < -0.3 is 0 Å². The van der Waals surface area contributed by atoms with E-state index in [1.807, 2.05) is 38.1 Å². The minimum Gasteiger partial charge on any atom is -0.294 e. The van der Waals surface area contributed by atoms with Crippen LogP contribution < -0.4 is 0 Å². The highest BCUT2D eigenvalue weighted by Crippen LogP contribution is 2.23. The SMILES string of the molecule is CCCCC(CCCC)C(=O)C(/C=C/c1ccccc1)=C(C)C. The van der Waals surface area contributed by atoms with E-state index >= 15 is 0 Å². The van der Waals surface area contributed by atoms with Gasteiger partial charge in [0, 0.05) is 11.5 Å². The highest BCUT2D eigenvalue weighted by Gasteiger charge is 2.20. The average molecular weight is 312 g/mol. The van der Waals surface area contributed by atoms with Gasteiger partial charge in [0.05, 0.1) is 0 Å². The molecule has 1 rings (SSSR count). The van der Waals surface area contributed by atoms with Crippen LogP contribution in [0.25, 0.3) is 6.08 Å². The first-order valence-corrected chi connectivity index (χ1v) is 9.04. The fourth-order valence-electron chi connectivity index (χ4n) is 2.77. The first kappa shape index (κ1) is 19.4. The number of unbranched alkanes of at least 4 members (excludes halogenated alkanes) is 2. The third kappa shape index (κ3) is 6.99. The molecule has 0 saturated carbocycles. The highest BCUT2D eigenvalue weighted by atomic mass is 16.1. The van der Waals surface area contributed by atoms with E-state index in [1.54, 1.807) is 0 Å². The zero-order valence-electron chi connectivity index (χ0n) is 15.3. The molecule has 0 bridgehead atoms. The summed E-state index contributed by atoms with van der Waals surface area (Å²) in [4.78, 5) is 13.0. The maximum Gasteiger partial charge on any atom is 0.165 e. The number of hydrogen-bond acceptors (Lipinski definition) is 1. The van der Waals surface area contributed by atoms with Gasteiger partial charge in [0.25, 0.3) is 0 Å². The Morgan fingerprint density at radius 2 is 1.57 bits per heavy atom. The molecule has 0 atom stereocenters. The normalized spacial score (nSPS) is 11.2. The molecule has 0 aromatic heterocycles. The Morgan fingerprint density at radius 1 is 1.00 bits per heavy atom. The molecular formula is C22H32O. The first-order valence-electron chi connectivity index (χ1n) is 9.04. The van der Waals surface area contributed by atoms with Crippen LogP contribution in [0.3, 0.4) is 0 Å². The molecule has 0 radical (unpaired) electrons. The summed E-state index contributed by atoms with van der Waals surface area (Å²) in [6.45, 7) is 8.47. The molecule has 1 aromatic carbocycles. The molecule has 0 N–H and O–H groups in total. The van der Waals surface area contributed by atoms with E-state index in [0.29, 0.717) is 5.78 Å². The number of Topliss-reactive ketones (excluding diaryl/α,β-unsaturated/α-hetero) is 1. The van der Waals surface area contributed by atoms with E-state index in [4.69, 9.17) is 0 Å². The molecule has 1 nitrogen and oxygen atoms in total. The first-order chi connectivity index (χ1) is 11.1. The van der Waals surface area contributed by atoms with E-state index < -0.39 is 0 Å². The van der Waals surface area contributed by atoms with Gasteiger partial charge in [-0.15, -0.1) is 0 Å². The number of ketones is 1. The van der Waals surface area contributed by atoms with E-state index in [1.165, 1.54) is 0 Å². The Morgan fingerprint density at radius 3 is 2.04 bits per heavy atom. The van der Waals surface area contributed by atoms with Crippen LogP contribution in [0.4, 0.5) is 0 Å². The number of allylic oxidation sites excluding steroid dienone is 3. The van der Waals surface area contributed by atoms with Crippen LogP contribution in [0.5, 0.6) is 0 Å². The van der Waals surface area contributed by atoms with Crippen molar-refractivity contribution in [3.63, 3.8) is 0 Å². The minimum absolute atomic E-state index is 0.181. The van der Waals surface area contributed by atoms with Crippen LogP contribution in [-0.4, -0.2) is 5.78 Å². The quantitative estimate of drug-likeness (QED) is 0.351. The molecule has 0 heterocycles. The van der Waals surface area contributed by atoms with E-state index in [9.17, 15) is 4.79 Å². The van der Waals surface area contributed by atoms with Crippen molar-refractivity contribution in [2.24, 2.45) is 5.92 Å². The Bertz CT molecular complexity index is 510. The summed E-state index contributed by atoms with van der Waals surface area (Å²) < 4.78 is 0. The standard InChI is InChI=1S/C22H32O/c1-5-7-14-20(15-8-6-2)22(23)21(18(3)4)17-16-19-12-10-9-11-13-19/h9-13,16-17,20H,5-8,14-15H2,1-4H3/b17-16+. The van der Waals surface area contributed by atoms with E-state index in [2.05, 4.69) is 32.1 Å². The topological polar surface area (TPSA) is 17.1 Å². The Labute approximate surface area is 142 Å². The highest BCUT2D eigenvalue weighted by molar-refractivity contribution is 6.01. The average Bonchev–Trinajstić information content (AvgIpc) is 2.55. The number of carbonyl (C=O) groups is 1. The van der Waals surface area contributed by atoms with Gasteiger partial charge in [-0.1, -0.05) is 87.6 Å². The summed E-state index contributed by atoms with van der Waals surface area (Å²) >= 11 is 0. The minimum atomic E-state index is 0.181. The summed E-state index contributed by atoms with van der Waals surface area (Å²) in [6.07, 6.45) is 10.7. The molecule has 0 saturated heterocycles. The third-order valence-corrected chi connectivity index (χ3v) is 4.23. The van der Waals surface area contributed by atoms with Crippen LogP contribution in [-0.2, 0) is 4.79 Å². The molecule has 126 valence electrons. The second-order valence-corrected chi connectivity index (χ2v) is 6.50. The van der Waals surface area contributed by atoms with Crippen LogP contribution in [0, 0.1) is 5.92 Å². The third-order valence-electron chi connectivity index (χ3n) is 4.23. The lowest BCUT2D eigenvalue weighted by atomic mass is 9.86. The number of carbonyl (C=O) groups excluding carboxylic acids is 1. The molecule has 1 aromatic rings. The predicted molar refractivity (Wildman–Crippen MR) is 101 cm³/mol. The number of hydrogen-bond donors (Lipinski definition) is 0. The molecule has 23 heavy (non-hydrogen) atoms. The van der Waals surface area contributed by atoms with Crippen LogP contribution >= 0.6 is 0 Å². The molecule has 0 unspecified atom stereocenters. The number of benzene rings is 1. The second-order valence-electron chi connectivity index (χ2n) is 6.50. The maximum atomic E-state index is 13.0. The fraction of sp³-hybridized carbons (Fsp3) is 0.500. The van der Waals surface area contributed by atoms with Crippen molar-refractivity contribution in [3.05, 3.63) is 53.1 Å². The second kappa shape index (κ2) is 11.0. The Hall–Kier alpha value is -1.63. The van der Waals surface area contributed by atoms with Gasteiger partial charge in [-0.05, 0) is 32.3 Å². The zero-order chi connectivity index (χ0) is 17.1. The van der Waals surface area contributed by atoms with Crippen molar-refractivity contribution >= 4 is 11.9 Å². The summed E-state index contributed by atoms with van der Waals surface area (Å²) in [5.41, 5.74) is 3.14. The molecule has 0 aliphatic carbocycles. The monoisotopic (exact) mass is 312 g/mol. The largest absolute Gasteiger partial charge is 0.294 e. The van der Waals surface area contributed by atoms with Crippen LogP contribution in [0.2, 0.25) is 0 Å². The predicted octanol–water partition coefficient (Wildman–Crippen LogP) is 6.60. The maximum absolute atomic E-state index is 13.0. The number of rotatable bonds is 10.